The van der Waals surface area contributed by atoms with E-state index in [1.807, 2.05) is 0 Å². The van der Waals surface area contributed by atoms with Crippen molar-refractivity contribution in [2.24, 2.45) is 5.73 Å². The standard InChI is InChI=1S/C21H28N4O3/c1-27-20-16-17(23-21(22)26)8-9-19(20)28-15-5-10-24-11-13-25(14-12-24)18-6-3-2-4-7-18/h2-4,6-9,16H,5,10-15H2,1H3,(H3,22,23,26). The van der Waals surface area contributed by atoms with Crippen molar-refractivity contribution in [2.75, 3.05) is 56.7 Å². The van der Waals surface area contributed by atoms with Gasteiger partial charge in [0, 0.05) is 50.2 Å². The van der Waals surface area contributed by atoms with Crippen molar-refractivity contribution >= 4 is 17.4 Å². The second kappa shape index (κ2) is 9.85. The molecule has 0 atom stereocenters. The third kappa shape index (κ3) is 5.53. The highest BCUT2D eigenvalue weighted by molar-refractivity contribution is 5.88. The molecule has 3 N–H and O–H groups in total. The van der Waals surface area contributed by atoms with Gasteiger partial charge in [-0.15, -0.1) is 0 Å². The average molecular weight is 384 g/mol. The van der Waals surface area contributed by atoms with Crippen molar-refractivity contribution < 1.29 is 14.3 Å². The van der Waals surface area contributed by atoms with Crippen LogP contribution in [-0.4, -0.2) is 57.4 Å². The number of para-hydroxylation sites is 1. The first-order valence-electron chi connectivity index (χ1n) is 9.55. The number of amides is 2. The van der Waals surface area contributed by atoms with Crippen molar-refractivity contribution in [3.63, 3.8) is 0 Å². The second-order valence-electron chi connectivity index (χ2n) is 6.72. The molecule has 1 aliphatic heterocycles. The van der Waals surface area contributed by atoms with Gasteiger partial charge >= 0.3 is 6.03 Å². The first-order chi connectivity index (χ1) is 13.7. The molecular weight excluding hydrogens is 356 g/mol. The van der Waals surface area contributed by atoms with E-state index in [2.05, 4.69) is 45.4 Å². The number of rotatable bonds is 8. The number of nitrogens with one attached hydrogen (secondary N) is 1. The van der Waals surface area contributed by atoms with Gasteiger partial charge in [0.25, 0.3) is 0 Å². The lowest BCUT2D eigenvalue weighted by Crippen LogP contribution is -2.46. The Hall–Kier alpha value is -2.93. The Kier molecular flexibility index (Phi) is 6.97. The van der Waals surface area contributed by atoms with Crippen LogP contribution in [0.25, 0.3) is 0 Å². The normalized spacial score (nSPS) is 14.5. The van der Waals surface area contributed by atoms with Crippen LogP contribution < -0.4 is 25.4 Å². The van der Waals surface area contributed by atoms with Crippen molar-refractivity contribution in [1.82, 2.24) is 4.90 Å². The van der Waals surface area contributed by atoms with E-state index in [0.29, 0.717) is 23.8 Å². The summed E-state index contributed by atoms with van der Waals surface area (Å²) in [5, 5.41) is 2.52. The number of urea groups is 1. The topological polar surface area (TPSA) is 80.1 Å². The molecule has 0 aliphatic carbocycles. The minimum atomic E-state index is -0.608. The number of anilines is 2. The summed E-state index contributed by atoms with van der Waals surface area (Å²) in [4.78, 5) is 15.8. The molecular formula is C21H28N4O3. The van der Waals surface area contributed by atoms with Gasteiger partial charge in [-0.3, -0.25) is 4.90 Å². The Bertz CT molecular complexity index is 762. The number of primary amides is 1. The SMILES string of the molecule is COc1cc(NC(N)=O)ccc1OCCCN1CCN(c2ccccc2)CC1. The molecule has 150 valence electrons. The maximum atomic E-state index is 10.9. The summed E-state index contributed by atoms with van der Waals surface area (Å²) in [6, 6.07) is 15.2. The second-order valence-corrected chi connectivity index (χ2v) is 6.72. The maximum absolute atomic E-state index is 10.9. The number of carbonyl (C=O) groups excluding carboxylic acids is 1. The monoisotopic (exact) mass is 384 g/mol. The third-order valence-electron chi connectivity index (χ3n) is 4.80. The summed E-state index contributed by atoms with van der Waals surface area (Å²) in [6.45, 7) is 5.83. The average Bonchev–Trinajstić information content (AvgIpc) is 2.72. The van der Waals surface area contributed by atoms with Crippen LogP contribution in [0.5, 0.6) is 11.5 Å². The zero-order valence-corrected chi connectivity index (χ0v) is 16.3. The molecule has 2 aromatic rings. The molecule has 7 nitrogen and oxygen atoms in total. The van der Waals surface area contributed by atoms with Gasteiger partial charge in [-0.25, -0.2) is 4.79 Å². The molecule has 1 fully saturated rings. The largest absolute Gasteiger partial charge is 0.493 e. The quantitative estimate of drug-likeness (QED) is 0.684. The Balaban J connectivity index is 1.40. The van der Waals surface area contributed by atoms with Crippen molar-refractivity contribution in [3.8, 4) is 11.5 Å². The van der Waals surface area contributed by atoms with Gasteiger partial charge < -0.3 is 25.4 Å². The molecule has 2 amide bonds. The Morgan fingerprint density at radius 1 is 1.07 bits per heavy atom. The molecule has 1 heterocycles. The van der Waals surface area contributed by atoms with Crippen LogP contribution in [0, 0.1) is 0 Å². The minimum absolute atomic E-state index is 0.572. The molecule has 3 rings (SSSR count). The fourth-order valence-corrected chi connectivity index (χ4v) is 3.35. The van der Waals surface area contributed by atoms with Gasteiger partial charge in [0.05, 0.1) is 13.7 Å². The third-order valence-corrected chi connectivity index (χ3v) is 4.80. The highest BCUT2D eigenvalue weighted by atomic mass is 16.5. The van der Waals surface area contributed by atoms with Crippen LogP contribution in [0.3, 0.4) is 0 Å². The maximum Gasteiger partial charge on any atom is 0.316 e. The van der Waals surface area contributed by atoms with E-state index >= 15 is 0 Å². The molecule has 2 aromatic carbocycles. The molecule has 0 aromatic heterocycles. The molecule has 1 saturated heterocycles. The number of methoxy groups -OCH3 is 1. The van der Waals surface area contributed by atoms with E-state index in [0.717, 1.165) is 39.1 Å². The Morgan fingerprint density at radius 2 is 1.82 bits per heavy atom. The van der Waals surface area contributed by atoms with Crippen LogP contribution in [0.15, 0.2) is 48.5 Å². The number of hydrogen-bond acceptors (Lipinski definition) is 5. The fraction of sp³-hybridized carbons (Fsp3) is 0.381. The summed E-state index contributed by atoms with van der Waals surface area (Å²) in [6.07, 6.45) is 0.940. The van der Waals surface area contributed by atoms with Gasteiger partial charge in [-0.05, 0) is 30.7 Å². The molecule has 1 aliphatic rings. The number of piperazine rings is 1. The van der Waals surface area contributed by atoms with E-state index in [9.17, 15) is 4.79 Å². The highest BCUT2D eigenvalue weighted by Gasteiger charge is 2.16. The molecule has 0 radical (unpaired) electrons. The molecule has 0 saturated carbocycles. The summed E-state index contributed by atoms with van der Waals surface area (Å²) in [5.74, 6) is 1.23. The number of benzene rings is 2. The van der Waals surface area contributed by atoms with Gasteiger partial charge in [0.2, 0.25) is 0 Å². The summed E-state index contributed by atoms with van der Waals surface area (Å²) in [7, 11) is 1.57. The Morgan fingerprint density at radius 3 is 2.50 bits per heavy atom. The lowest BCUT2D eigenvalue weighted by molar-refractivity contribution is 0.221. The number of carbonyl (C=O) groups is 1. The van der Waals surface area contributed by atoms with E-state index in [1.54, 1.807) is 25.3 Å². The Labute approximate surface area is 166 Å². The van der Waals surface area contributed by atoms with E-state index < -0.39 is 6.03 Å². The van der Waals surface area contributed by atoms with Crippen molar-refractivity contribution in [1.29, 1.82) is 0 Å². The van der Waals surface area contributed by atoms with E-state index in [-0.39, 0.29) is 0 Å². The predicted molar refractivity (Wildman–Crippen MR) is 111 cm³/mol. The van der Waals surface area contributed by atoms with Gasteiger partial charge in [0.15, 0.2) is 11.5 Å². The zero-order chi connectivity index (χ0) is 19.8. The zero-order valence-electron chi connectivity index (χ0n) is 16.3. The van der Waals surface area contributed by atoms with Gasteiger partial charge in [-0.2, -0.15) is 0 Å². The lowest BCUT2D eigenvalue weighted by atomic mass is 10.2. The van der Waals surface area contributed by atoms with Crippen LogP contribution in [0.1, 0.15) is 6.42 Å². The number of ether oxygens (including phenoxy) is 2. The van der Waals surface area contributed by atoms with Crippen LogP contribution >= 0.6 is 0 Å². The smallest absolute Gasteiger partial charge is 0.316 e. The van der Waals surface area contributed by atoms with Crippen molar-refractivity contribution in [2.45, 2.75) is 6.42 Å². The summed E-state index contributed by atoms with van der Waals surface area (Å²) >= 11 is 0. The van der Waals surface area contributed by atoms with Crippen LogP contribution in [0.4, 0.5) is 16.2 Å². The molecule has 28 heavy (non-hydrogen) atoms. The first-order valence-corrected chi connectivity index (χ1v) is 9.55. The summed E-state index contributed by atoms with van der Waals surface area (Å²) < 4.78 is 11.2. The first kappa shape index (κ1) is 19.8. The number of nitrogens with zero attached hydrogens (tertiary/aromatic N) is 2. The molecule has 0 unspecified atom stereocenters. The van der Waals surface area contributed by atoms with E-state index in [1.165, 1.54) is 5.69 Å². The molecule has 7 heteroatoms. The lowest BCUT2D eigenvalue weighted by Gasteiger charge is -2.36. The fourth-order valence-electron chi connectivity index (χ4n) is 3.35. The molecule has 0 spiro atoms. The van der Waals surface area contributed by atoms with E-state index in [4.69, 9.17) is 15.2 Å². The summed E-state index contributed by atoms with van der Waals surface area (Å²) in [5.41, 5.74) is 7.01. The van der Waals surface area contributed by atoms with Gasteiger partial charge in [0.1, 0.15) is 0 Å². The van der Waals surface area contributed by atoms with Crippen LogP contribution in [-0.2, 0) is 0 Å². The van der Waals surface area contributed by atoms with Crippen molar-refractivity contribution in [3.05, 3.63) is 48.5 Å². The van der Waals surface area contributed by atoms with Gasteiger partial charge in [-0.1, -0.05) is 18.2 Å². The van der Waals surface area contributed by atoms with Crippen LogP contribution in [0.2, 0.25) is 0 Å². The predicted octanol–water partition coefficient (Wildman–Crippen LogP) is 2.78. The number of hydrogen-bond donors (Lipinski definition) is 2. The highest BCUT2D eigenvalue weighted by Crippen LogP contribution is 2.30. The minimum Gasteiger partial charge on any atom is -0.493 e. The molecule has 0 bridgehead atoms. The number of nitrogens with two attached hydrogens (primary N) is 1.